The van der Waals surface area contributed by atoms with E-state index in [1.807, 2.05) is 6.07 Å². The minimum Gasteiger partial charge on any atom is -0.463 e. The van der Waals surface area contributed by atoms with E-state index < -0.39 is 5.97 Å². The highest BCUT2D eigenvalue weighted by Gasteiger charge is 2.13. The molecule has 0 aromatic heterocycles. The van der Waals surface area contributed by atoms with E-state index >= 15 is 0 Å². The van der Waals surface area contributed by atoms with Crippen LogP contribution in [-0.2, 0) is 14.3 Å². The van der Waals surface area contributed by atoms with Crippen molar-refractivity contribution in [2.45, 2.75) is 26.3 Å². The van der Waals surface area contributed by atoms with Crippen molar-refractivity contribution in [3.63, 3.8) is 0 Å². The molecule has 146 valence electrons. The summed E-state index contributed by atoms with van der Waals surface area (Å²) >= 11 is 0. The third-order valence-corrected chi connectivity index (χ3v) is 3.80. The number of esters is 1. The van der Waals surface area contributed by atoms with Gasteiger partial charge < -0.3 is 15.4 Å². The fourth-order valence-electron chi connectivity index (χ4n) is 2.47. The van der Waals surface area contributed by atoms with Gasteiger partial charge in [-0.3, -0.25) is 9.59 Å². The summed E-state index contributed by atoms with van der Waals surface area (Å²) in [7, 11) is 0. The number of amides is 2. The first-order chi connectivity index (χ1) is 13.5. The first kappa shape index (κ1) is 20.9. The molecule has 6 heteroatoms. The summed E-state index contributed by atoms with van der Waals surface area (Å²) in [5.74, 6) is -0.805. The topological polar surface area (TPSA) is 84.5 Å². The van der Waals surface area contributed by atoms with Crippen LogP contribution < -0.4 is 10.6 Å². The van der Waals surface area contributed by atoms with Gasteiger partial charge in [0.2, 0.25) is 5.91 Å². The van der Waals surface area contributed by atoms with Crippen LogP contribution in [-0.4, -0.2) is 30.4 Å². The van der Waals surface area contributed by atoms with Crippen molar-refractivity contribution in [3.05, 3.63) is 71.8 Å². The van der Waals surface area contributed by atoms with E-state index in [0.717, 1.165) is 5.56 Å². The predicted octanol–water partition coefficient (Wildman–Crippen LogP) is 3.41. The number of carbonyl (C=O) groups is 3. The second-order valence-corrected chi connectivity index (χ2v) is 6.20. The predicted molar refractivity (Wildman–Crippen MR) is 109 cm³/mol. The fraction of sp³-hybridized carbons (Fsp3) is 0.227. The van der Waals surface area contributed by atoms with Crippen molar-refractivity contribution in [3.8, 4) is 0 Å². The molecule has 0 aliphatic heterocycles. The third-order valence-electron chi connectivity index (χ3n) is 3.80. The maximum absolute atomic E-state index is 12.2. The number of carbonyl (C=O) groups excluding carboxylic acids is 3. The highest BCUT2D eigenvalue weighted by atomic mass is 16.5. The van der Waals surface area contributed by atoms with Crippen LogP contribution in [0.1, 0.15) is 36.2 Å². The number of rotatable bonds is 8. The fourth-order valence-corrected chi connectivity index (χ4v) is 2.47. The molecule has 0 radical (unpaired) electrons. The Bertz CT molecular complexity index is 829. The van der Waals surface area contributed by atoms with Crippen molar-refractivity contribution in [1.82, 2.24) is 5.32 Å². The van der Waals surface area contributed by atoms with E-state index in [9.17, 15) is 14.4 Å². The molecule has 1 atom stereocenters. The van der Waals surface area contributed by atoms with Crippen molar-refractivity contribution in [1.29, 1.82) is 0 Å². The highest BCUT2D eigenvalue weighted by Crippen LogP contribution is 2.12. The standard InChI is InChI=1S/C22H24N2O4/c1-3-28-21(26)14-11-17-9-12-19(13-10-17)24-20(25)15-16(2)23-22(27)18-7-5-4-6-8-18/h4-14,16H,3,15H2,1-2H3,(H,23,27)(H,24,25). The lowest BCUT2D eigenvalue weighted by molar-refractivity contribution is -0.137. The van der Waals surface area contributed by atoms with Crippen LogP contribution in [0.5, 0.6) is 0 Å². The quantitative estimate of drug-likeness (QED) is 0.543. The Morgan fingerprint density at radius 3 is 2.36 bits per heavy atom. The molecule has 0 saturated carbocycles. The van der Waals surface area contributed by atoms with Gasteiger partial charge in [0.25, 0.3) is 5.91 Å². The maximum Gasteiger partial charge on any atom is 0.330 e. The summed E-state index contributed by atoms with van der Waals surface area (Å²) in [6.07, 6.45) is 3.15. The van der Waals surface area contributed by atoms with Gasteiger partial charge in [0.05, 0.1) is 6.61 Å². The molecule has 0 spiro atoms. The SMILES string of the molecule is CCOC(=O)C=Cc1ccc(NC(=O)CC(C)NC(=O)c2ccccc2)cc1. The largest absolute Gasteiger partial charge is 0.463 e. The molecule has 6 nitrogen and oxygen atoms in total. The zero-order valence-electron chi connectivity index (χ0n) is 16.0. The maximum atomic E-state index is 12.2. The van der Waals surface area contributed by atoms with E-state index in [0.29, 0.717) is 17.9 Å². The Hall–Kier alpha value is -3.41. The molecule has 0 bridgehead atoms. The number of ether oxygens (including phenoxy) is 1. The Morgan fingerprint density at radius 2 is 1.71 bits per heavy atom. The van der Waals surface area contributed by atoms with Gasteiger partial charge in [-0.25, -0.2) is 4.79 Å². The van der Waals surface area contributed by atoms with Crippen molar-refractivity contribution < 1.29 is 19.1 Å². The molecular formula is C22H24N2O4. The second kappa shape index (κ2) is 10.7. The molecular weight excluding hydrogens is 356 g/mol. The van der Waals surface area contributed by atoms with E-state index in [1.165, 1.54) is 6.08 Å². The normalized spacial score (nSPS) is 11.6. The monoisotopic (exact) mass is 380 g/mol. The van der Waals surface area contributed by atoms with Gasteiger partial charge >= 0.3 is 5.97 Å². The average molecular weight is 380 g/mol. The second-order valence-electron chi connectivity index (χ2n) is 6.20. The van der Waals surface area contributed by atoms with Gasteiger partial charge in [-0.1, -0.05) is 30.3 Å². The summed E-state index contributed by atoms with van der Waals surface area (Å²) < 4.78 is 4.82. The molecule has 2 aromatic rings. The van der Waals surface area contributed by atoms with E-state index in [2.05, 4.69) is 10.6 Å². The summed E-state index contributed by atoms with van der Waals surface area (Å²) in [5, 5.41) is 5.60. The molecule has 2 rings (SSSR count). The molecule has 0 heterocycles. The van der Waals surface area contributed by atoms with Crippen molar-refractivity contribution in [2.24, 2.45) is 0 Å². The lowest BCUT2D eigenvalue weighted by Gasteiger charge is -2.14. The number of nitrogens with one attached hydrogen (secondary N) is 2. The molecule has 0 aliphatic rings. The molecule has 0 fully saturated rings. The van der Waals surface area contributed by atoms with E-state index in [4.69, 9.17) is 4.74 Å². The summed E-state index contributed by atoms with van der Waals surface area (Å²) in [6.45, 7) is 3.86. The lowest BCUT2D eigenvalue weighted by Crippen LogP contribution is -2.35. The van der Waals surface area contributed by atoms with Crippen LogP contribution in [0.15, 0.2) is 60.7 Å². The molecule has 2 N–H and O–H groups in total. The number of hydrogen-bond acceptors (Lipinski definition) is 4. The minimum atomic E-state index is -0.397. The van der Waals surface area contributed by atoms with Gasteiger partial charge in [0.15, 0.2) is 0 Å². The molecule has 28 heavy (non-hydrogen) atoms. The molecule has 2 amide bonds. The van der Waals surface area contributed by atoms with Gasteiger partial charge in [-0.05, 0) is 49.8 Å². The summed E-state index contributed by atoms with van der Waals surface area (Å²) in [6, 6.07) is 15.6. The first-order valence-electron chi connectivity index (χ1n) is 9.08. The number of benzene rings is 2. The van der Waals surface area contributed by atoms with Crippen LogP contribution in [0.4, 0.5) is 5.69 Å². The Labute approximate surface area is 164 Å². The highest BCUT2D eigenvalue weighted by molar-refractivity contribution is 5.95. The molecule has 0 aliphatic carbocycles. The van der Waals surface area contributed by atoms with Gasteiger partial charge in [-0.2, -0.15) is 0 Å². The molecule has 1 unspecified atom stereocenters. The van der Waals surface area contributed by atoms with Crippen LogP contribution in [0.25, 0.3) is 6.08 Å². The Balaban J connectivity index is 1.82. The summed E-state index contributed by atoms with van der Waals surface area (Å²) in [5.41, 5.74) is 2.01. The number of anilines is 1. The zero-order chi connectivity index (χ0) is 20.4. The Kier molecular flexibility index (Phi) is 7.96. The molecule has 2 aromatic carbocycles. The van der Waals surface area contributed by atoms with Crippen LogP contribution in [0.3, 0.4) is 0 Å². The zero-order valence-corrected chi connectivity index (χ0v) is 16.0. The average Bonchev–Trinajstić information content (AvgIpc) is 2.68. The minimum absolute atomic E-state index is 0.156. The lowest BCUT2D eigenvalue weighted by atomic mass is 10.1. The van der Waals surface area contributed by atoms with E-state index in [1.54, 1.807) is 68.5 Å². The van der Waals surface area contributed by atoms with Gasteiger partial charge in [0.1, 0.15) is 0 Å². The molecule has 0 saturated heterocycles. The van der Waals surface area contributed by atoms with Crippen LogP contribution >= 0.6 is 0 Å². The Morgan fingerprint density at radius 1 is 1.04 bits per heavy atom. The summed E-state index contributed by atoms with van der Waals surface area (Å²) in [4.78, 5) is 35.6. The van der Waals surface area contributed by atoms with Crippen molar-refractivity contribution >= 4 is 29.5 Å². The van der Waals surface area contributed by atoms with Gasteiger partial charge in [-0.15, -0.1) is 0 Å². The first-order valence-corrected chi connectivity index (χ1v) is 9.08. The van der Waals surface area contributed by atoms with Gasteiger partial charge in [0, 0.05) is 29.8 Å². The van der Waals surface area contributed by atoms with Crippen LogP contribution in [0.2, 0.25) is 0 Å². The van der Waals surface area contributed by atoms with Crippen LogP contribution in [0, 0.1) is 0 Å². The number of hydrogen-bond donors (Lipinski definition) is 2. The smallest absolute Gasteiger partial charge is 0.330 e. The van der Waals surface area contributed by atoms with E-state index in [-0.39, 0.29) is 24.3 Å². The third kappa shape index (κ3) is 7.07. The van der Waals surface area contributed by atoms with Crippen molar-refractivity contribution in [2.75, 3.05) is 11.9 Å².